The van der Waals surface area contributed by atoms with Crippen molar-refractivity contribution < 1.29 is 9.47 Å². The molecule has 0 radical (unpaired) electrons. The van der Waals surface area contributed by atoms with Crippen LogP contribution in [-0.2, 0) is 0 Å². The van der Waals surface area contributed by atoms with Crippen LogP contribution in [0.2, 0.25) is 0 Å². The number of hydrogen-bond donors (Lipinski definition) is 0. The molecule has 0 bridgehead atoms. The van der Waals surface area contributed by atoms with E-state index in [0.29, 0.717) is 0 Å². The van der Waals surface area contributed by atoms with Crippen molar-refractivity contribution in [1.82, 2.24) is 0 Å². The van der Waals surface area contributed by atoms with Gasteiger partial charge in [-0.1, -0.05) is 31.5 Å². The first-order valence-corrected chi connectivity index (χ1v) is 9.39. The summed E-state index contributed by atoms with van der Waals surface area (Å²) in [5.74, 6) is 3.78. The van der Waals surface area contributed by atoms with Crippen LogP contribution in [0.15, 0.2) is 54.6 Å². The third-order valence-corrected chi connectivity index (χ3v) is 5.74. The predicted octanol–water partition coefficient (Wildman–Crippen LogP) is 3.67. The minimum atomic E-state index is 0.193. The minimum absolute atomic E-state index is 0.193. The quantitative estimate of drug-likeness (QED) is 0.468. The van der Waals surface area contributed by atoms with Gasteiger partial charge in [-0.15, -0.1) is 0 Å². The molecule has 0 N–H and O–H groups in total. The molecule has 0 aromatic heterocycles. The lowest BCUT2D eigenvalue weighted by Gasteiger charge is -2.42. The summed E-state index contributed by atoms with van der Waals surface area (Å²) < 4.78 is 12.6. The fourth-order valence-corrected chi connectivity index (χ4v) is 4.64. The highest BCUT2D eigenvalue weighted by molar-refractivity contribution is 7.00. The van der Waals surface area contributed by atoms with Crippen LogP contribution in [0, 0.1) is 0 Å². The summed E-state index contributed by atoms with van der Waals surface area (Å²) in [5.41, 5.74) is 6.28. The average molecular weight is 339 g/mol. The molecule has 6 rings (SSSR count). The zero-order chi connectivity index (χ0) is 17.3. The Morgan fingerprint density at radius 2 is 1.23 bits per heavy atom. The fraction of sp³-hybridized carbons (Fsp3) is 0.182. The van der Waals surface area contributed by atoms with Crippen LogP contribution in [0.5, 0.6) is 23.0 Å². The largest absolute Gasteiger partial charge is 0.458 e. The topological polar surface area (TPSA) is 21.7 Å². The fourth-order valence-electron chi connectivity index (χ4n) is 4.64. The monoisotopic (exact) mass is 339 g/mol. The third kappa shape index (κ3) is 1.69. The molecule has 3 aromatic rings. The van der Waals surface area contributed by atoms with Gasteiger partial charge in [0.25, 0.3) is 6.71 Å². The Balaban J connectivity index is 1.69. The number of benzene rings is 3. The van der Waals surface area contributed by atoms with Crippen LogP contribution in [0.25, 0.3) is 0 Å². The maximum absolute atomic E-state index is 6.30. The van der Waals surface area contributed by atoms with Crippen molar-refractivity contribution in [2.45, 2.75) is 19.8 Å². The summed E-state index contributed by atoms with van der Waals surface area (Å²) in [6.07, 6.45) is 2.32. The lowest BCUT2D eigenvalue weighted by molar-refractivity contribution is 0.464. The number of ether oxygens (including phenoxy) is 2. The third-order valence-electron chi connectivity index (χ3n) is 5.74. The summed E-state index contributed by atoms with van der Waals surface area (Å²) in [6, 6.07) is 19.0. The van der Waals surface area contributed by atoms with Crippen molar-refractivity contribution in [2.75, 3.05) is 11.4 Å². The number of unbranched alkanes of at least 4 members (excludes halogenated alkanes) is 1. The zero-order valence-electron chi connectivity index (χ0n) is 14.7. The molecule has 0 aliphatic carbocycles. The molecule has 3 nitrogen and oxygen atoms in total. The van der Waals surface area contributed by atoms with Crippen LogP contribution < -0.4 is 30.8 Å². The number of nitrogens with zero attached hydrogens (tertiary/aromatic N) is 1. The van der Waals surface area contributed by atoms with E-state index in [0.717, 1.165) is 36.0 Å². The van der Waals surface area contributed by atoms with Gasteiger partial charge in [0.1, 0.15) is 23.0 Å². The van der Waals surface area contributed by atoms with Crippen molar-refractivity contribution in [1.29, 1.82) is 0 Å². The van der Waals surface area contributed by atoms with E-state index in [-0.39, 0.29) is 6.71 Å². The van der Waals surface area contributed by atoms with Gasteiger partial charge >= 0.3 is 0 Å². The molecule has 0 unspecified atom stereocenters. The molecule has 4 heteroatoms. The zero-order valence-corrected chi connectivity index (χ0v) is 14.7. The van der Waals surface area contributed by atoms with Crippen molar-refractivity contribution in [3.63, 3.8) is 0 Å². The van der Waals surface area contributed by atoms with Gasteiger partial charge in [0, 0.05) is 23.4 Å². The van der Waals surface area contributed by atoms with Gasteiger partial charge in [-0.3, -0.25) is 0 Å². The number of rotatable bonds is 3. The molecule has 3 aromatic carbocycles. The first-order chi connectivity index (χ1) is 12.9. The second-order valence-corrected chi connectivity index (χ2v) is 7.19. The van der Waals surface area contributed by atoms with Crippen LogP contribution in [0.3, 0.4) is 0 Å². The Kier molecular flexibility index (Phi) is 2.79. The second-order valence-electron chi connectivity index (χ2n) is 7.19. The SMILES string of the molecule is CCCCN1c2cccc3c2B2c4c(cccc4Oc4cccc1c42)O3. The van der Waals surface area contributed by atoms with E-state index in [1.165, 1.54) is 34.2 Å². The van der Waals surface area contributed by atoms with E-state index in [4.69, 9.17) is 9.47 Å². The van der Waals surface area contributed by atoms with Gasteiger partial charge in [-0.05, 0) is 53.7 Å². The Hall–Kier alpha value is -2.88. The molecule has 126 valence electrons. The van der Waals surface area contributed by atoms with E-state index in [1.54, 1.807) is 0 Å². The summed E-state index contributed by atoms with van der Waals surface area (Å²) in [5, 5.41) is 0. The van der Waals surface area contributed by atoms with Gasteiger partial charge in [-0.25, -0.2) is 0 Å². The molecule has 3 aliphatic rings. The first kappa shape index (κ1) is 14.3. The van der Waals surface area contributed by atoms with Gasteiger partial charge in [0.05, 0.1) is 0 Å². The summed E-state index contributed by atoms with van der Waals surface area (Å²) in [7, 11) is 0. The van der Waals surface area contributed by atoms with E-state index in [9.17, 15) is 0 Å². The Morgan fingerprint density at radius 1 is 0.731 bits per heavy atom. The van der Waals surface area contributed by atoms with Crippen molar-refractivity contribution in [3.05, 3.63) is 54.6 Å². The highest BCUT2D eigenvalue weighted by Gasteiger charge is 2.46. The summed E-state index contributed by atoms with van der Waals surface area (Å²) >= 11 is 0. The number of hydrogen-bond acceptors (Lipinski definition) is 3. The van der Waals surface area contributed by atoms with E-state index in [1.807, 2.05) is 6.07 Å². The Labute approximate surface area is 153 Å². The van der Waals surface area contributed by atoms with Crippen molar-refractivity contribution >= 4 is 34.5 Å². The molecule has 3 heterocycles. The molecule has 0 amide bonds. The maximum atomic E-state index is 6.30. The summed E-state index contributed by atoms with van der Waals surface area (Å²) in [6.45, 7) is 3.44. The van der Waals surface area contributed by atoms with Crippen LogP contribution in [-0.4, -0.2) is 13.3 Å². The molecule has 0 spiro atoms. The van der Waals surface area contributed by atoms with Crippen LogP contribution >= 0.6 is 0 Å². The number of anilines is 2. The highest BCUT2D eigenvalue weighted by Crippen LogP contribution is 2.42. The van der Waals surface area contributed by atoms with E-state index < -0.39 is 0 Å². The molecule has 3 aliphatic heterocycles. The van der Waals surface area contributed by atoms with E-state index >= 15 is 0 Å². The highest BCUT2D eigenvalue weighted by atomic mass is 16.5. The second kappa shape index (κ2) is 5.07. The molecular weight excluding hydrogens is 321 g/mol. The smallest absolute Gasteiger partial charge is 0.266 e. The van der Waals surface area contributed by atoms with Gasteiger partial charge in [0.2, 0.25) is 0 Å². The van der Waals surface area contributed by atoms with Gasteiger partial charge in [0.15, 0.2) is 0 Å². The average Bonchev–Trinajstić information content (AvgIpc) is 2.68. The normalized spacial score (nSPS) is 14.5. The van der Waals surface area contributed by atoms with Crippen molar-refractivity contribution in [2.24, 2.45) is 0 Å². The standard InChI is InChI=1S/C22H18BNO2/c1-2-3-13-24-14-7-4-9-16-20(14)23-21-15(24)8-5-10-17(21)26-19-12-6-11-18(25-16)22(19)23/h4-12H,2-3,13H2,1H3. The van der Waals surface area contributed by atoms with Gasteiger partial charge in [-0.2, -0.15) is 0 Å². The van der Waals surface area contributed by atoms with Crippen LogP contribution in [0.1, 0.15) is 19.8 Å². The van der Waals surface area contributed by atoms with Gasteiger partial charge < -0.3 is 14.4 Å². The molecule has 0 saturated heterocycles. The lowest BCUT2D eigenvalue weighted by atomic mass is 9.33. The first-order valence-electron chi connectivity index (χ1n) is 9.39. The lowest BCUT2D eigenvalue weighted by Crippen LogP contribution is -2.62. The molecule has 0 fully saturated rings. The molecule has 26 heavy (non-hydrogen) atoms. The molecule has 0 saturated carbocycles. The van der Waals surface area contributed by atoms with Crippen molar-refractivity contribution in [3.8, 4) is 23.0 Å². The Bertz CT molecular complexity index is 986. The molecular formula is C22H18BNO2. The van der Waals surface area contributed by atoms with E-state index in [2.05, 4.69) is 60.4 Å². The Morgan fingerprint density at radius 3 is 1.77 bits per heavy atom. The summed E-state index contributed by atoms with van der Waals surface area (Å²) in [4.78, 5) is 2.45. The van der Waals surface area contributed by atoms with Crippen LogP contribution in [0.4, 0.5) is 11.4 Å². The minimum Gasteiger partial charge on any atom is -0.458 e. The maximum Gasteiger partial charge on any atom is 0.266 e. The predicted molar refractivity (Wildman–Crippen MR) is 106 cm³/mol. The molecule has 0 atom stereocenters.